The minimum atomic E-state index is -0.303. The van der Waals surface area contributed by atoms with Gasteiger partial charge < -0.3 is 15.5 Å². The molecule has 0 aromatic carbocycles. The molecule has 1 aliphatic carbocycles. The lowest BCUT2D eigenvalue weighted by Gasteiger charge is -2.24. The Balaban J connectivity index is 1.48. The van der Waals surface area contributed by atoms with Crippen LogP contribution in [0.5, 0.6) is 0 Å². The van der Waals surface area contributed by atoms with Crippen molar-refractivity contribution in [2.45, 2.75) is 58.0 Å². The van der Waals surface area contributed by atoms with Crippen molar-refractivity contribution in [1.82, 2.24) is 20.5 Å². The minimum Gasteiger partial charge on any atom is -0.352 e. The molecule has 1 aromatic heterocycles. The number of aromatic nitrogens is 1. The van der Waals surface area contributed by atoms with Crippen molar-refractivity contribution in [1.29, 1.82) is 0 Å². The van der Waals surface area contributed by atoms with Gasteiger partial charge in [0.2, 0.25) is 5.91 Å². The molecule has 1 aromatic rings. The maximum Gasteiger partial charge on any atom is 0.318 e. The van der Waals surface area contributed by atoms with Gasteiger partial charge in [-0.2, -0.15) is 0 Å². The Morgan fingerprint density at radius 3 is 2.74 bits per heavy atom. The summed E-state index contributed by atoms with van der Waals surface area (Å²) >= 11 is 1.68. The van der Waals surface area contributed by atoms with E-state index in [1.165, 1.54) is 4.88 Å². The fraction of sp³-hybridized carbons (Fsp3) is 0.688. The van der Waals surface area contributed by atoms with Crippen molar-refractivity contribution in [3.63, 3.8) is 0 Å². The third-order valence-corrected chi connectivity index (χ3v) is 5.50. The van der Waals surface area contributed by atoms with Crippen LogP contribution in [0.1, 0.15) is 41.3 Å². The molecule has 2 heterocycles. The zero-order chi connectivity index (χ0) is 16.4. The standard InChI is InChI=1S/C16H24N4O2S/c1-10-14(23-11(2)18-10)7-8-17-16(22)20-9-3-4-13(20)15(21)19-12-5-6-12/h12-13H,3-9H2,1-2H3,(H,17,22)(H,19,21). The van der Waals surface area contributed by atoms with E-state index in [9.17, 15) is 9.59 Å². The fourth-order valence-corrected chi connectivity index (χ4v) is 3.93. The van der Waals surface area contributed by atoms with Gasteiger partial charge in [0.25, 0.3) is 0 Å². The summed E-state index contributed by atoms with van der Waals surface area (Å²) in [5.41, 5.74) is 1.05. The molecular formula is C16H24N4O2S. The quantitative estimate of drug-likeness (QED) is 0.860. The number of hydrogen-bond donors (Lipinski definition) is 2. The van der Waals surface area contributed by atoms with Crippen LogP contribution >= 0.6 is 11.3 Å². The fourth-order valence-electron chi connectivity index (χ4n) is 3.00. The summed E-state index contributed by atoms with van der Waals surface area (Å²) in [5.74, 6) is 0.00840. The van der Waals surface area contributed by atoms with Crippen molar-refractivity contribution in [3.05, 3.63) is 15.6 Å². The average Bonchev–Trinajstić information content (AvgIpc) is 3.07. The number of nitrogens with zero attached hydrogens (tertiary/aromatic N) is 2. The molecule has 1 atom stereocenters. The van der Waals surface area contributed by atoms with Crippen LogP contribution in [0.2, 0.25) is 0 Å². The number of hydrogen-bond acceptors (Lipinski definition) is 4. The first-order valence-corrected chi connectivity index (χ1v) is 9.14. The zero-order valence-corrected chi connectivity index (χ0v) is 14.5. The molecule has 7 heteroatoms. The summed E-state index contributed by atoms with van der Waals surface area (Å²) in [6, 6.07) is -0.0918. The molecule has 2 aliphatic rings. The molecule has 0 radical (unpaired) electrons. The van der Waals surface area contributed by atoms with Crippen LogP contribution in [0.15, 0.2) is 0 Å². The Kier molecular flexibility index (Phi) is 4.84. The number of carbonyl (C=O) groups is 2. The van der Waals surface area contributed by atoms with Gasteiger partial charge in [-0.15, -0.1) is 11.3 Å². The van der Waals surface area contributed by atoms with Gasteiger partial charge in [-0.25, -0.2) is 9.78 Å². The third-order valence-electron chi connectivity index (χ3n) is 4.37. The van der Waals surface area contributed by atoms with E-state index < -0.39 is 0 Å². The first-order valence-electron chi connectivity index (χ1n) is 8.32. The molecular weight excluding hydrogens is 312 g/mol. The van der Waals surface area contributed by atoms with E-state index in [1.54, 1.807) is 16.2 Å². The van der Waals surface area contributed by atoms with Crippen molar-refractivity contribution in [2.24, 2.45) is 0 Å². The van der Waals surface area contributed by atoms with Crippen LogP contribution in [-0.2, 0) is 11.2 Å². The molecule has 3 rings (SSSR count). The lowest BCUT2D eigenvalue weighted by atomic mass is 10.2. The highest BCUT2D eigenvalue weighted by Crippen LogP contribution is 2.22. The Bertz CT molecular complexity index is 597. The molecule has 1 aliphatic heterocycles. The summed E-state index contributed by atoms with van der Waals surface area (Å²) in [5, 5.41) is 7.01. The second kappa shape index (κ2) is 6.86. The molecule has 1 saturated carbocycles. The molecule has 6 nitrogen and oxygen atoms in total. The SMILES string of the molecule is Cc1nc(C)c(CCNC(=O)N2CCCC2C(=O)NC2CC2)s1. The largest absolute Gasteiger partial charge is 0.352 e. The number of nitrogens with one attached hydrogen (secondary N) is 2. The highest BCUT2D eigenvalue weighted by atomic mass is 32.1. The highest BCUT2D eigenvalue weighted by Gasteiger charge is 2.36. The Hall–Kier alpha value is -1.63. The molecule has 1 unspecified atom stereocenters. The number of rotatable bonds is 5. The number of thiazole rings is 1. The molecule has 0 bridgehead atoms. The number of urea groups is 1. The number of likely N-dealkylation sites (tertiary alicyclic amines) is 1. The normalized spacial score (nSPS) is 20.6. The van der Waals surface area contributed by atoms with Crippen LogP contribution < -0.4 is 10.6 Å². The molecule has 2 N–H and O–H groups in total. The Morgan fingerprint density at radius 1 is 1.30 bits per heavy atom. The van der Waals surface area contributed by atoms with Gasteiger partial charge in [-0.3, -0.25) is 4.79 Å². The van der Waals surface area contributed by atoms with Crippen LogP contribution in [0.25, 0.3) is 0 Å². The van der Waals surface area contributed by atoms with Crippen LogP contribution in [0, 0.1) is 13.8 Å². The molecule has 23 heavy (non-hydrogen) atoms. The number of amides is 3. The zero-order valence-electron chi connectivity index (χ0n) is 13.7. The molecule has 2 fully saturated rings. The monoisotopic (exact) mass is 336 g/mol. The smallest absolute Gasteiger partial charge is 0.318 e. The van der Waals surface area contributed by atoms with Crippen LogP contribution in [-0.4, -0.2) is 47.0 Å². The highest BCUT2D eigenvalue weighted by molar-refractivity contribution is 7.11. The third kappa shape index (κ3) is 4.02. The topological polar surface area (TPSA) is 74.3 Å². The lowest BCUT2D eigenvalue weighted by molar-refractivity contribution is -0.124. The van der Waals surface area contributed by atoms with Crippen LogP contribution in [0.4, 0.5) is 4.79 Å². The van der Waals surface area contributed by atoms with Gasteiger partial charge in [-0.1, -0.05) is 0 Å². The summed E-state index contributed by atoms with van der Waals surface area (Å²) in [6.07, 6.45) is 4.58. The lowest BCUT2D eigenvalue weighted by Crippen LogP contribution is -2.50. The summed E-state index contributed by atoms with van der Waals surface area (Å²) in [4.78, 5) is 31.9. The van der Waals surface area contributed by atoms with Gasteiger partial charge in [-0.05, 0) is 39.5 Å². The van der Waals surface area contributed by atoms with Crippen molar-refractivity contribution >= 4 is 23.3 Å². The second-order valence-electron chi connectivity index (χ2n) is 6.36. The van der Waals surface area contributed by atoms with E-state index in [0.717, 1.165) is 42.8 Å². The van der Waals surface area contributed by atoms with Gasteiger partial charge in [0, 0.05) is 30.4 Å². The van der Waals surface area contributed by atoms with Gasteiger partial charge in [0.15, 0.2) is 0 Å². The average molecular weight is 336 g/mol. The molecule has 3 amide bonds. The Labute approximate surface area is 140 Å². The predicted molar refractivity (Wildman–Crippen MR) is 89.6 cm³/mol. The van der Waals surface area contributed by atoms with Crippen molar-refractivity contribution in [2.75, 3.05) is 13.1 Å². The van der Waals surface area contributed by atoms with E-state index in [4.69, 9.17) is 0 Å². The molecule has 0 spiro atoms. The molecule has 126 valence electrons. The van der Waals surface area contributed by atoms with E-state index in [-0.39, 0.29) is 18.0 Å². The van der Waals surface area contributed by atoms with E-state index >= 15 is 0 Å². The first-order chi connectivity index (χ1) is 11.0. The first kappa shape index (κ1) is 16.2. The van der Waals surface area contributed by atoms with E-state index in [0.29, 0.717) is 19.1 Å². The van der Waals surface area contributed by atoms with E-state index in [1.807, 2.05) is 13.8 Å². The summed E-state index contributed by atoms with van der Waals surface area (Å²) in [6.45, 7) is 5.23. The minimum absolute atomic E-state index is 0.00840. The van der Waals surface area contributed by atoms with Gasteiger partial charge >= 0.3 is 6.03 Å². The maximum atomic E-state index is 12.4. The number of carbonyl (C=O) groups excluding carboxylic acids is 2. The van der Waals surface area contributed by atoms with Gasteiger partial charge in [0.1, 0.15) is 6.04 Å². The van der Waals surface area contributed by atoms with Crippen molar-refractivity contribution in [3.8, 4) is 0 Å². The van der Waals surface area contributed by atoms with Crippen LogP contribution in [0.3, 0.4) is 0 Å². The predicted octanol–water partition coefficient (Wildman–Crippen LogP) is 1.76. The second-order valence-corrected chi connectivity index (χ2v) is 7.65. The van der Waals surface area contributed by atoms with E-state index in [2.05, 4.69) is 15.6 Å². The van der Waals surface area contributed by atoms with Crippen molar-refractivity contribution < 1.29 is 9.59 Å². The maximum absolute atomic E-state index is 12.4. The summed E-state index contributed by atoms with van der Waals surface area (Å²) < 4.78 is 0. The Morgan fingerprint density at radius 2 is 2.09 bits per heavy atom. The summed E-state index contributed by atoms with van der Waals surface area (Å²) in [7, 11) is 0. The van der Waals surface area contributed by atoms with Gasteiger partial charge in [0.05, 0.1) is 10.7 Å². The number of aryl methyl sites for hydroxylation is 2. The molecule has 1 saturated heterocycles.